The molecule has 12 heteroatoms. The summed E-state index contributed by atoms with van der Waals surface area (Å²) in [6, 6.07) is 13.2. The van der Waals surface area contributed by atoms with E-state index in [4.69, 9.17) is 26.2 Å². The Bertz CT molecular complexity index is 1210. The molecule has 1 fully saturated rings. The highest BCUT2D eigenvalue weighted by molar-refractivity contribution is 7.92. The van der Waals surface area contributed by atoms with Crippen molar-refractivity contribution in [1.29, 1.82) is 0 Å². The molecule has 0 spiro atoms. The molecule has 1 aliphatic heterocycles. The number of rotatable bonds is 7. The molecular formula is C23H25ClFN3O5S2. The smallest absolute Gasteiger partial charge is 0.290 e. The maximum absolute atomic E-state index is 14.8. The van der Waals surface area contributed by atoms with Crippen molar-refractivity contribution in [2.75, 3.05) is 17.8 Å². The quantitative estimate of drug-likeness (QED) is 0.403. The van der Waals surface area contributed by atoms with Crippen molar-refractivity contribution in [1.82, 2.24) is 9.88 Å². The average Bonchev–Trinajstić information content (AvgIpc) is 3.35. The molecule has 2 heterocycles. The van der Waals surface area contributed by atoms with Crippen molar-refractivity contribution >= 4 is 45.3 Å². The lowest BCUT2D eigenvalue weighted by atomic mass is 10.0. The fourth-order valence-electron chi connectivity index (χ4n) is 3.77. The molecule has 1 aromatic heterocycles. The minimum atomic E-state index is -4.16. The molecule has 3 aromatic rings. The van der Waals surface area contributed by atoms with Crippen molar-refractivity contribution in [3.8, 4) is 5.75 Å². The van der Waals surface area contributed by atoms with Crippen molar-refractivity contribution in [3.63, 3.8) is 0 Å². The number of nitrogens with one attached hydrogen (secondary N) is 1. The largest absolute Gasteiger partial charge is 0.489 e. The average molecular weight is 542 g/mol. The molecule has 1 atom stereocenters. The molecule has 1 saturated heterocycles. The summed E-state index contributed by atoms with van der Waals surface area (Å²) >= 11 is 7.37. The molecule has 2 aromatic carbocycles. The molecule has 0 bridgehead atoms. The van der Waals surface area contributed by atoms with Crippen LogP contribution in [-0.2, 0) is 14.8 Å². The molecule has 4 rings (SSSR count). The molecule has 1 unspecified atom stereocenters. The van der Waals surface area contributed by atoms with Gasteiger partial charge in [0.15, 0.2) is 11.6 Å². The van der Waals surface area contributed by atoms with E-state index in [0.29, 0.717) is 6.04 Å². The van der Waals surface area contributed by atoms with Crippen LogP contribution in [0, 0.1) is 5.82 Å². The van der Waals surface area contributed by atoms with Gasteiger partial charge in [0.2, 0.25) is 0 Å². The fourth-order valence-corrected chi connectivity index (χ4v) is 5.68. The molecule has 0 radical (unpaired) electrons. The molecule has 8 nitrogen and oxygen atoms in total. The number of halogens is 2. The predicted octanol–water partition coefficient (Wildman–Crippen LogP) is 5.04. The first kappa shape index (κ1) is 26.9. The summed E-state index contributed by atoms with van der Waals surface area (Å²) < 4.78 is 48.0. The van der Waals surface area contributed by atoms with Crippen LogP contribution in [0.3, 0.4) is 0 Å². The number of hydrogen-bond donors (Lipinski definition) is 2. The van der Waals surface area contributed by atoms with E-state index in [1.165, 1.54) is 33.9 Å². The third-order valence-corrected chi connectivity index (χ3v) is 7.88. The van der Waals surface area contributed by atoms with Gasteiger partial charge < -0.3 is 9.84 Å². The van der Waals surface area contributed by atoms with Crippen LogP contribution in [0.15, 0.2) is 58.3 Å². The monoisotopic (exact) mass is 541 g/mol. The summed E-state index contributed by atoms with van der Waals surface area (Å²) in [7, 11) is -4.16. The number of nitrogens with zero attached hydrogens (tertiary/aromatic N) is 2. The van der Waals surface area contributed by atoms with Crippen LogP contribution in [-0.4, -0.2) is 49.1 Å². The first-order valence-corrected chi connectivity index (χ1v) is 13.5. The van der Waals surface area contributed by atoms with E-state index in [0.717, 1.165) is 32.0 Å². The van der Waals surface area contributed by atoms with Crippen LogP contribution in [0.2, 0.25) is 5.02 Å². The zero-order valence-corrected chi connectivity index (χ0v) is 21.2. The Morgan fingerprint density at radius 1 is 1.26 bits per heavy atom. The zero-order valence-electron chi connectivity index (χ0n) is 18.8. The van der Waals surface area contributed by atoms with Crippen LogP contribution in [0.1, 0.15) is 31.4 Å². The number of piperidine rings is 1. The van der Waals surface area contributed by atoms with Crippen molar-refractivity contribution in [2.45, 2.75) is 36.8 Å². The maximum Gasteiger partial charge on any atom is 0.290 e. The minimum absolute atomic E-state index is 0.123. The van der Waals surface area contributed by atoms with Gasteiger partial charge >= 0.3 is 0 Å². The number of aromatic nitrogens is 1. The summed E-state index contributed by atoms with van der Waals surface area (Å²) in [6.45, 7) is 3.61. The second kappa shape index (κ2) is 12.3. The van der Waals surface area contributed by atoms with Gasteiger partial charge in [-0.15, -0.1) is 11.3 Å². The molecule has 0 amide bonds. The van der Waals surface area contributed by atoms with E-state index >= 15 is 0 Å². The Morgan fingerprint density at radius 3 is 2.51 bits per heavy atom. The minimum Gasteiger partial charge on any atom is -0.489 e. The molecule has 1 aliphatic rings. The highest BCUT2D eigenvalue weighted by atomic mass is 35.5. The van der Waals surface area contributed by atoms with E-state index in [2.05, 4.69) is 33.7 Å². The number of anilines is 1. The fraction of sp³-hybridized carbons (Fsp3) is 0.304. The molecule has 0 saturated carbocycles. The number of ether oxygens (including phenoxy) is 1. The lowest BCUT2D eigenvalue weighted by molar-refractivity contribution is -0.122. The number of carbonyl (C=O) groups is 1. The third kappa shape index (κ3) is 6.91. The van der Waals surface area contributed by atoms with E-state index in [1.54, 1.807) is 0 Å². The van der Waals surface area contributed by atoms with Crippen LogP contribution in [0.25, 0.3) is 0 Å². The lowest BCUT2D eigenvalue weighted by Gasteiger charge is -2.36. The summed E-state index contributed by atoms with van der Waals surface area (Å²) in [6.07, 6.45) is 1.41. The van der Waals surface area contributed by atoms with E-state index in [9.17, 15) is 12.8 Å². The van der Waals surface area contributed by atoms with Gasteiger partial charge in [0.1, 0.15) is 21.8 Å². The Hall–Kier alpha value is -2.73. The van der Waals surface area contributed by atoms with Crippen LogP contribution in [0.4, 0.5) is 10.2 Å². The van der Waals surface area contributed by atoms with E-state index in [1.807, 2.05) is 18.2 Å². The van der Waals surface area contributed by atoms with Gasteiger partial charge in [-0.1, -0.05) is 41.9 Å². The van der Waals surface area contributed by atoms with E-state index < -0.39 is 20.7 Å². The van der Waals surface area contributed by atoms with Gasteiger partial charge in [-0.25, -0.2) is 17.8 Å². The Labute approximate surface area is 212 Å². The summed E-state index contributed by atoms with van der Waals surface area (Å²) in [5.74, 6) is -0.768. The number of carboxylic acid groups (broad SMARTS) is 1. The van der Waals surface area contributed by atoms with Gasteiger partial charge in [-0.05, 0) is 37.5 Å². The first-order chi connectivity index (χ1) is 16.8. The molecule has 35 heavy (non-hydrogen) atoms. The highest BCUT2D eigenvalue weighted by Gasteiger charge is 2.28. The second-order valence-electron chi connectivity index (χ2n) is 7.71. The number of likely N-dealkylation sites (tertiary alicyclic amines) is 1. The van der Waals surface area contributed by atoms with Crippen LogP contribution >= 0.6 is 22.9 Å². The SMILES string of the molecule is CC(c1ccccc1)N1CCC(Oc2ccc(S(=O)(=O)Nc3cscn3)c(F)c2Cl)CC1.O=CO. The normalized spacial score (nSPS) is 15.5. The zero-order chi connectivity index (χ0) is 25.4. The van der Waals surface area contributed by atoms with Crippen LogP contribution < -0.4 is 9.46 Å². The molecule has 0 aliphatic carbocycles. The number of thiazole rings is 1. The molecular weight excluding hydrogens is 517 g/mol. The summed E-state index contributed by atoms with van der Waals surface area (Å²) in [4.78, 5) is 14.1. The van der Waals surface area contributed by atoms with E-state index in [-0.39, 0.29) is 29.2 Å². The second-order valence-corrected chi connectivity index (χ2v) is 10.5. The van der Waals surface area contributed by atoms with Gasteiger partial charge in [0, 0.05) is 24.5 Å². The Balaban J connectivity index is 0.00000108. The first-order valence-electron chi connectivity index (χ1n) is 10.7. The number of benzene rings is 2. The van der Waals surface area contributed by atoms with Gasteiger partial charge in [0.25, 0.3) is 16.5 Å². The predicted molar refractivity (Wildman–Crippen MR) is 133 cm³/mol. The van der Waals surface area contributed by atoms with Crippen LogP contribution in [0.5, 0.6) is 5.75 Å². The van der Waals surface area contributed by atoms with Gasteiger partial charge in [0.05, 0.1) is 5.51 Å². The topological polar surface area (TPSA) is 109 Å². The molecule has 188 valence electrons. The van der Waals surface area contributed by atoms with Crippen molar-refractivity contribution in [3.05, 3.63) is 69.8 Å². The number of sulfonamides is 1. The molecule has 2 N–H and O–H groups in total. The van der Waals surface area contributed by atoms with Crippen molar-refractivity contribution in [2.24, 2.45) is 0 Å². The highest BCUT2D eigenvalue weighted by Crippen LogP contribution is 2.34. The Kier molecular flexibility index (Phi) is 9.44. The van der Waals surface area contributed by atoms with Gasteiger partial charge in [-0.3, -0.25) is 14.4 Å². The standard InChI is InChI=1S/C22H23ClFN3O3S2.CH2O2/c1-15(16-5-3-2-4-6-16)27-11-9-17(10-12-27)30-18-7-8-19(22(24)21(18)23)32(28,29)26-20-13-31-14-25-20;2-1-3/h2-8,13-15,17,26H,9-12H2,1H3;1H,(H,2,3). The lowest BCUT2D eigenvalue weighted by Crippen LogP contribution is -2.39. The number of hydrogen-bond acceptors (Lipinski definition) is 7. The summed E-state index contributed by atoms with van der Waals surface area (Å²) in [5.41, 5.74) is 2.74. The van der Waals surface area contributed by atoms with Gasteiger partial charge in [-0.2, -0.15) is 0 Å². The van der Waals surface area contributed by atoms with Crippen molar-refractivity contribution < 1.29 is 27.4 Å². The maximum atomic E-state index is 14.8. The summed E-state index contributed by atoms with van der Waals surface area (Å²) in [5, 5.41) is 8.06. The third-order valence-electron chi connectivity index (χ3n) is 5.57. The Morgan fingerprint density at radius 2 is 1.91 bits per heavy atom.